The van der Waals surface area contributed by atoms with Gasteiger partial charge in [-0.05, 0) is 44.9 Å². The lowest BCUT2D eigenvalue weighted by Crippen LogP contribution is -2.42. The number of carbonyl (C=O) groups excluding carboxylic acids is 1. The summed E-state index contributed by atoms with van der Waals surface area (Å²) in [7, 11) is 0. The molecule has 0 saturated carbocycles. The lowest BCUT2D eigenvalue weighted by atomic mass is 9.83. The maximum atomic E-state index is 12.8. The molecule has 0 aromatic heterocycles. The van der Waals surface area contributed by atoms with E-state index in [0.717, 1.165) is 23.0 Å². The Hall–Kier alpha value is -0.870. The number of rotatable bonds is 3. The highest BCUT2D eigenvalue weighted by Crippen LogP contribution is 2.30. The van der Waals surface area contributed by atoms with Crippen LogP contribution in [0.2, 0.25) is 0 Å². The molecule has 2 unspecified atom stereocenters. The fourth-order valence-electron chi connectivity index (χ4n) is 2.76. The maximum absolute atomic E-state index is 12.8. The van der Waals surface area contributed by atoms with Crippen molar-refractivity contribution in [1.29, 1.82) is 0 Å². The van der Waals surface area contributed by atoms with Gasteiger partial charge in [-0.3, -0.25) is 4.79 Å². The monoisotopic (exact) mass is 339 g/mol. The number of carbonyl (C=O) groups is 1. The minimum absolute atomic E-state index is 0.138. The molecule has 0 spiro atoms. The summed E-state index contributed by atoms with van der Waals surface area (Å²) in [5.41, 5.74) is 0.467. The largest absolute Gasteiger partial charge is 0.393 e. The van der Waals surface area contributed by atoms with Crippen LogP contribution >= 0.6 is 15.9 Å². The van der Waals surface area contributed by atoms with Crippen molar-refractivity contribution in [2.75, 3.05) is 13.1 Å². The number of benzene rings is 1. The third-order valence-corrected chi connectivity index (χ3v) is 4.77. The molecule has 0 bridgehead atoms. The van der Waals surface area contributed by atoms with E-state index in [9.17, 15) is 9.90 Å². The minimum Gasteiger partial charge on any atom is -0.393 e. The van der Waals surface area contributed by atoms with Crippen molar-refractivity contribution in [3.63, 3.8) is 0 Å². The van der Waals surface area contributed by atoms with Crippen LogP contribution in [0.4, 0.5) is 0 Å². The Balaban J connectivity index is 2.16. The maximum Gasteiger partial charge on any atom is 0.232 e. The molecule has 3 nitrogen and oxygen atoms in total. The van der Waals surface area contributed by atoms with E-state index in [4.69, 9.17) is 0 Å². The third kappa shape index (κ3) is 3.07. The number of nitrogens with zero attached hydrogens (tertiary/aromatic N) is 1. The van der Waals surface area contributed by atoms with E-state index >= 15 is 0 Å². The van der Waals surface area contributed by atoms with Gasteiger partial charge in [-0.2, -0.15) is 0 Å². The van der Waals surface area contributed by atoms with Crippen LogP contribution in [0.1, 0.15) is 32.8 Å². The van der Waals surface area contributed by atoms with Crippen LogP contribution in [0.5, 0.6) is 0 Å². The van der Waals surface area contributed by atoms with Crippen LogP contribution in [0.3, 0.4) is 0 Å². The number of aliphatic hydroxyl groups is 1. The second-order valence-corrected chi connectivity index (χ2v) is 7.09. The molecule has 1 aromatic carbocycles. The Morgan fingerprint density at radius 1 is 1.50 bits per heavy atom. The first-order valence-electron chi connectivity index (χ1n) is 7.06. The fourth-order valence-corrected chi connectivity index (χ4v) is 3.16. The molecule has 20 heavy (non-hydrogen) atoms. The summed E-state index contributed by atoms with van der Waals surface area (Å²) in [6, 6.07) is 7.91. The van der Waals surface area contributed by atoms with Gasteiger partial charge in [0, 0.05) is 23.5 Å². The number of hydrogen-bond donors (Lipinski definition) is 1. The molecular weight excluding hydrogens is 318 g/mol. The summed E-state index contributed by atoms with van der Waals surface area (Å²) < 4.78 is 0.985. The van der Waals surface area contributed by atoms with Crippen molar-refractivity contribution in [2.24, 2.45) is 5.92 Å². The van der Waals surface area contributed by atoms with Gasteiger partial charge in [0.05, 0.1) is 11.5 Å². The molecule has 0 radical (unpaired) electrons. The van der Waals surface area contributed by atoms with E-state index < -0.39 is 5.41 Å². The molecule has 2 atom stereocenters. The topological polar surface area (TPSA) is 40.5 Å². The van der Waals surface area contributed by atoms with Crippen molar-refractivity contribution in [3.05, 3.63) is 34.3 Å². The molecule has 110 valence electrons. The Labute approximate surface area is 129 Å². The van der Waals surface area contributed by atoms with Gasteiger partial charge >= 0.3 is 0 Å². The smallest absolute Gasteiger partial charge is 0.232 e. The van der Waals surface area contributed by atoms with Crippen LogP contribution in [-0.2, 0) is 10.2 Å². The minimum atomic E-state index is -0.544. The molecule has 1 heterocycles. The Morgan fingerprint density at radius 3 is 2.75 bits per heavy atom. The van der Waals surface area contributed by atoms with Crippen LogP contribution < -0.4 is 0 Å². The van der Waals surface area contributed by atoms with E-state index in [2.05, 4.69) is 15.9 Å². The summed E-state index contributed by atoms with van der Waals surface area (Å²) in [4.78, 5) is 14.7. The fraction of sp³-hybridized carbons (Fsp3) is 0.562. The zero-order valence-electron chi connectivity index (χ0n) is 12.3. The van der Waals surface area contributed by atoms with Crippen molar-refractivity contribution in [1.82, 2.24) is 4.90 Å². The van der Waals surface area contributed by atoms with Gasteiger partial charge in [-0.15, -0.1) is 0 Å². The number of amides is 1. The van der Waals surface area contributed by atoms with Crippen molar-refractivity contribution in [2.45, 2.75) is 38.7 Å². The van der Waals surface area contributed by atoms with Gasteiger partial charge in [0.25, 0.3) is 0 Å². The summed E-state index contributed by atoms with van der Waals surface area (Å²) in [6.45, 7) is 7.14. The van der Waals surface area contributed by atoms with E-state index in [-0.39, 0.29) is 17.9 Å². The van der Waals surface area contributed by atoms with Gasteiger partial charge in [-0.1, -0.05) is 28.1 Å². The molecular formula is C16H22BrNO2. The number of hydrogen-bond acceptors (Lipinski definition) is 2. The summed E-state index contributed by atoms with van der Waals surface area (Å²) in [6.07, 6.45) is 0.541. The third-order valence-electron chi connectivity index (χ3n) is 4.28. The standard InChI is InChI=1S/C16H22BrNO2/c1-11(19)12-7-8-18(10-12)15(20)16(2,3)13-5-4-6-14(17)9-13/h4-6,9,11-12,19H,7-8,10H2,1-3H3. The molecule has 1 fully saturated rings. The number of likely N-dealkylation sites (tertiary alicyclic amines) is 1. The Morgan fingerprint density at radius 2 is 2.20 bits per heavy atom. The zero-order chi connectivity index (χ0) is 14.9. The van der Waals surface area contributed by atoms with Gasteiger partial charge in [-0.25, -0.2) is 0 Å². The molecule has 1 aliphatic heterocycles. The molecule has 4 heteroatoms. The average molecular weight is 340 g/mol. The van der Waals surface area contributed by atoms with Crippen molar-refractivity contribution < 1.29 is 9.90 Å². The van der Waals surface area contributed by atoms with Crippen LogP contribution in [-0.4, -0.2) is 35.1 Å². The van der Waals surface area contributed by atoms with E-state index in [1.807, 2.05) is 43.0 Å². The highest BCUT2D eigenvalue weighted by molar-refractivity contribution is 9.10. The quantitative estimate of drug-likeness (QED) is 0.919. The van der Waals surface area contributed by atoms with Crippen LogP contribution in [0.25, 0.3) is 0 Å². The molecule has 2 rings (SSSR count). The Kier molecular flexibility index (Phi) is 4.55. The average Bonchev–Trinajstić information content (AvgIpc) is 2.87. The normalized spacial score (nSPS) is 21.1. The first kappa shape index (κ1) is 15.5. The van der Waals surface area contributed by atoms with Crippen LogP contribution in [0, 0.1) is 5.92 Å². The summed E-state index contributed by atoms with van der Waals surface area (Å²) >= 11 is 3.46. The first-order valence-corrected chi connectivity index (χ1v) is 7.85. The summed E-state index contributed by atoms with van der Waals surface area (Å²) in [5, 5.41) is 9.66. The molecule has 0 aliphatic carbocycles. The van der Waals surface area contributed by atoms with Crippen LogP contribution in [0.15, 0.2) is 28.7 Å². The lowest BCUT2D eigenvalue weighted by Gasteiger charge is -2.30. The zero-order valence-corrected chi connectivity index (χ0v) is 13.9. The number of aliphatic hydroxyl groups excluding tert-OH is 1. The van der Waals surface area contributed by atoms with Crippen molar-refractivity contribution >= 4 is 21.8 Å². The van der Waals surface area contributed by atoms with Gasteiger partial charge < -0.3 is 10.0 Å². The van der Waals surface area contributed by atoms with E-state index in [0.29, 0.717) is 6.54 Å². The SMILES string of the molecule is CC(O)C1CCN(C(=O)C(C)(C)c2cccc(Br)c2)C1. The summed E-state index contributed by atoms with van der Waals surface area (Å²) in [5.74, 6) is 0.344. The lowest BCUT2D eigenvalue weighted by molar-refractivity contribution is -0.135. The van der Waals surface area contributed by atoms with Gasteiger partial charge in [0.15, 0.2) is 0 Å². The van der Waals surface area contributed by atoms with E-state index in [1.54, 1.807) is 6.92 Å². The molecule has 1 saturated heterocycles. The van der Waals surface area contributed by atoms with Gasteiger partial charge in [0.2, 0.25) is 5.91 Å². The predicted molar refractivity (Wildman–Crippen MR) is 83.5 cm³/mol. The molecule has 1 N–H and O–H groups in total. The van der Waals surface area contributed by atoms with Crippen molar-refractivity contribution in [3.8, 4) is 0 Å². The highest BCUT2D eigenvalue weighted by Gasteiger charge is 2.38. The second kappa shape index (κ2) is 5.86. The Bertz CT molecular complexity index is 499. The number of halogens is 1. The van der Waals surface area contributed by atoms with E-state index in [1.165, 1.54) is 0 Å². The molecule has 1 amide bonds. The molecule has 1 aliphatic rings. The predicted octanol–water partition coefficient (Wildman–Crippen LogP) is 2.96. The van der Waals surface area contributed by atoms with Gasteiger partial charge in [0.1, 0.15) is 0 Å². The second-order valence-electron chi connectivity index (χ2n) is 6.18. The first-order chi connectivity index (χ1) is 9.32. The molecule has 1 aromatic rings. The highest BCUT2D eigenvalue weighted by atomic mass is 79.9.